The van der Waals surface area contributed by atoms with Crippen molar-refractivity contribution in [2.45, 2.75) is 62.1 Å². The first kappa shape index (κ1) is 26.9. The second-order valence-electron chi connectivity index (χ2n) is 9.92. The Morgan fingerprint density at radius 3 is 2.42 bits per heavy atom. The molecule has 8 heteroatoms. The van der Waals surface area contributed by atoms with E-state index < -0.39 is 0 Å². The highest BCUT2D eigenvalue weighted by Gasteiger charge is 2.29. The third-order valence-electron chi connectivity index (χ3n) is 7.11. The first-order valence-electron chi connectivity index (χ1n) is 13.0. The van der Waals surface area contributed by atoms with Crippen LogP contribution in [0.3, 0.4) is 0 Å². The van der Waals surface area contributed by atoms with Gasteiger partial charge < -0.3 is 25.0 Å². The lowest BCUT2D eigenvalue weighted by atomic mass is 9.90. The van der Waals surface area contributed by atoms with Crippen molar-refractivity contribution in [3.8, 4) is 11.5 Å². The largest absolute Gasteiger partial charge is 0.496 e. The molecule has 2 amide bonds. The molecular formula is C28H39IN4O3. The summed E-state index contributed by atoms with van der Waals surface area (Å²) >= 11 is 2.31. The van der Waals surface area contributed by atoms with E-state index in [1.165, 1.54) is 5.69 Å². The maximum Gasteiger partial charge on any atom is 0.319 e. The number of halogens is 1. The smallest absolute Gasteiger partial charge is 0.319 e. The van der Waals surface area contributed by atoms with Crippen LogP contribution in [0.25, 0.3) is 0 Å². The minimum atomic E-state index is -0.126. The van der Waals surface area contributed by atoms with Gasteiger partial charge in [0.15, 0.2) is 0 Å². The lowest BCUT2D eigenvalue weighted by Gasteiger charge is -2.43. The van der Waals surface area contributed by atoms with Gasteiger partial charge in [-0.25, -0.2) is 4.79 Å². The molecule has 1 saturated carbocycles. The van der Waals surface area contributed by atoms with E-state index in [-0.39, 0.29) is 18.2 Å². The maximum atomic E-state index is 12.6. The van der Waals surface area contributed by atoms with Crippen molar-refractivity contribution >= 4 is 40.0 Å². The molecule has 2 fully saturated rings. The summed E-state index contributed by atoms with van der Waals surface area (Å²) in [7, 11) is 1.67. The minimum absolute atomic E-state index is 0.126. The number of ether oxygens (including phenoxy) is 2. The van der Waals surface area contributed by atoms with Crippen molar-refractivity contribution in [3.63, 3.8) is 0 Å². The first-order valence-corrected chi connectivity index (χ1v) is 14.5. The van der Waals surface area contributed by atoms with E-state index in [1.807, 2.05) is 24.3 Å². The van der Waals surface area contributed by atoms with Crippen LogP contribution in [0, 0.1) is 0 Å². The average molecular weight is 607 g/mol. The van der Waals surface area contributed by atoms with E-state index in [2.05, 4.69) is 75.1 Å². The number of nitrogens with one attached hydrogen (secondary N) is 2. The Morgan fingerprint density at radius 1 is 1.03 bits per heavy atom. The second-order valence-corrected chi connectivity index (χ2v) is 10.7. The van der Waals surface area contributed by atoms with Crippen LogP contribution < -0.4 is 25.0 Å². The molecule has 1 saturated heterocycles. The molecule has 0 spiro atoms. The number of nitrogens with zero attached hydrogens (tertiary/aromatic N) is 2. The van der Waals surface area contributed by atoms with Gasteiger partial charge in [-0.1, -0.05) is 34.7 Å². The Balaban J connectivity index is 1.22. The highest BCUT2D eigenvalue weighted by atomic mass is 127. The SMILES string of the molecule is COc1ccc(NC(=O)NC2CCC(N3CCN(c4ccccc4OC(C)C)CC3)CC2)cc1CI. The van der Waals surface area contributed by atoms with Crippen molar-refractivity contribution < 1.29 is 14.3 Å². The van der Waals surface area contributed by atoms with E-state index in [1.54, 1.807) is 7.11 Å². The fourth-order valence-electron chi connectivity index (χ4n) is 5.30. The molecule has 2 aromatic rings. The molecule has 2 aromatic carbocycles. The predicted octanol–water partition coefficient (Wildman–Crippen LogP) is 5.67. The van der Waals surface area contributed by atoms with Crippen LogP contribution >= 0.6 is 22.6 Å². The molecular weight excluding hydrogens is 567 g/mol. The van der Waals surface area contributed by atoms with Gasteiger partial charge in [-0.05, 0) is 69.9 Å². The van der Waals surface area contributed by atoms with Crippen LogP contribution in [0.4, 0.5) is 16.2 Å². The number of anilines is 2. The summed E-state index contributed by atoms with van der Waals surface area (Å²) < 4.78 is 12.3. The number of carbonyl (C=O) groups excluding carboxylic acids is 1. The number of piperazine rings is 1. The molecule has 0 unspecified atom stereocenters. The number of amides is 2. The fraction of sp³-hybridized carbons (Fsp3) is 0.536. The zero-order chi connectivity index (χ0) is 25.5. The van der Waals surface area contributed by atoms with Crippen molar-refractivity contribution in [1.82, 2.24) is 10.2 Å². The molecule has 7 nitrogen and oxygen atoms in total. The molecule has 2 N–H and O–H groups in total. The van der Waals surface area contributed by atoms with Crippen LogP contribution in [0.1, 0.15) is 45.1 Å². The minimum Gasteiger partial charge on any atom is -0.496 e. The Bertz CT molecular complexity index is 1000. The molecule has 36 heavy (non-hydrogen) atoms. The summed E-state index contributed by atoms with van der Waals surface area (Å²) in [5, 5.41) is 6.17. The molecule has 1 aliphatic heterocycles. The average Bonchev–Trinajstić information content (AvgIpc) is 2.89. The summed E-state index contributed by atoms with van der Waals surface area (Å²) in [4.78, 5) is 17.7. The number of hydrogen-bond acceptors (Lipinski definition) is 5. The number of urea groups is 1. The summed E-state index contributed by atoms with van der Waals surface area (Å²) in [5.74, 6) is 1.83. The summed E-state index contributed by atoms with van der Waals surface area (Å²) in [5.41, 5.74) is 3.08. The van der Waals surface area contributed by atoms with Gasteiger partial charge in [0, 0.05) is 53.9 Å². The molecule has 196 valence electrons. The van der Waals surface area contributed by atoms with E-state index in [9.17, 15) is 4.79 Å². The Kier molecular flexibility index (Phi) is 9.59. The third-order valence-corrected chi connectivity index (χ3v) is 7.94. The number of methoxy groups -OCH3 is 1. The van der Waals surface area contributed by atoms with Gasteiger partial charge in [0.2, 0.25) is 0 Å². The first-order chi connectivity index (χ1) is 17.5. The van der Waals surface area contributed by atoms with Crippen molar-refractivity contribution in [2.75, 3.05) is 43.5 Å². The number of rotatable bonds is 8. The molecule has 2 aliphatic rings. The van der Waals surface area contributed by atoms with Gasteiger partial charge >= 0.3 is 6.03 Å². The third kappa shape index (κ3) is 6.97. The van der Waals surface area contributed by atoms with Crippen LogP contribution in [0.15, 0.2) is 42.5 Å². The number of carbonyl (C=O) groups is 1. The van der Waals surface area contributed by atoms with Gasteiger partial charge in [0.05, 0.1) is 18.9 Å². The van der Waals surface area contributed by atoms with Crippen LogP contribution in [0.5, 0.6) is 11.5 Å². The van der Waals surface area contributed by atoms with Gasteiger partial charge in [-0.2, -0.15) is 0 Å². The highest BCUT2D eigenvalue weighted by Crippen LogP contribution is 2.31. The van der Waals surface area contributed by atoms with Gasteiger partial charge in [-0.15, -0.1) is 0 Å². The van der Waals surface area contributed by atoms with Gasteiger partial charge in [-0.3, -0.25) is 4.90 Å². The molecule has 0 radical (unpaired) electrons. The molecule has 0 bridgehead atoms. The van der Waals surface area contributed by atoms with Crippen molar-refractivity contribution in [1.29, 1.82) is 0 Å². The number of alkyl halides is 1. The molecule has 0 aromatic heterocycles. The lowest BCUT2D eigenvalue weighted by Crippen LogP contribution is -2.52. The number of benzene rings is 2. The van der Waals surface area contributed by atoms with Gasteiger partial charge in [0.25, 0.3) is 0 Å². The quantitative estimate of drug-likeness (QED) is 0.300. The zero-order valence-electron chi connectivity index (χ0n) is 21.6. The molecule has 0 atom stereocenters. The normalized spacial score (nSPS) is 20.8. The summed E-state index contributed by atoms with van der Waals surface area (Å²) in [6.07, 6.45) is 4.46. The number of hydrogen-bond donors (Lipinski definition) is 2. The van der Waals surface area contributed by atoms with Crippen LogP contribution in [-0.2, 0) is 4.43 Å². The Labute approximate surface area is 229 Å². The van der Waals surface area contributed by atoms with E-state index in [0.717, 1.165) is 79.0 Å². The summed E-state index contributed by atoms with van der Waals surface area (Å²) in [6, 6.07) is 14.9. The van der Waals surface area contributed by atoms with E-state index in [0.29, 0.717) is 6.04 Å². The highest BCUT2D eigenvalue weighted by molar-refractivity contribution is 14.1. The Hall–Kier alpha value is -2.20. The molecule has 1 aliphatic carbocycles. The number of para-hydroxylation sites is 2. The lowest BCUT2D eigenvalue weighted by molar-refractivity contribution is 0.137. The molecule has 1 heterocycles. The van der Waals surface area contributed by atoms with Gasteiger partial charge in [0.1, 0.15) is 11.5 Å². The molecule has 4 rings (SSSR count). The Morgan fingerprint density at radius 2 is 1.75 bits per heavy atom. The fourth-order valence-corrected chi connectivity index (χ4v) is 5.89. The van der Waals surface area contributed by atoms with Crippen molar-refractivity contribution in [2.24, 2.45) is 0 Å². The van der Waals surface area contributed by atoms with E-state index in [4.69, 9.17) is 9.47 Å². The monoisotopic (exact) mass is 606 g/mol. The van der Waals surface area contributed by atoms with Crippen LogP contribution in [0.2, 0.25) is 0 Å². The zero-order valence-corrected chi connectivity index (χ0v) is 23.8. The topological polar surface area (TPSA) is 66.1 Å². The second kappa shape index (κ2) is 12.9. The summed E-state index contributed by atoms with van der Waals surface area (Å²) in [6.45, 7) is 8.31. The predicted molar refractivity (Wildman–Crippen MR) is 155 cm³/mol. The van der Waals surface area contributed by atoms with Crippen LogP contribution in [-0.4, -0.2) is 62.4 Å². The maximum absolute atomic E-state index is 12.6. The van der Waals surface area contributed by atoms with E-state index >= 15 is 0 Å². The standard InChI is InChI=1S/C28H39IN4O3/c1-20(2)36-27-7-5-4-6-25(27)33-16-14-32(15-17-33)24-11-8-22(9-12-24)30-28(34)31-23-10-13-26(35-3)21(18-23)19-29/h4-7,10,13,18,20,22,24H,8-9,11-12,14-17,19H2,1-3H3,(H2,30,31,34). The van der Waals surface area contributed by atoms with Crippen molar-refractivity contribution in [3.05, 3.63) is 48.0 Å².